The van der Waals surface area contributed by atoms with Gasteiger partial charge in [-0.3, -0.25) is 4.79 Å². The van der Waals surface area contributed by atoms with E-state index in [-0.39, 0.29) is 0 Å². The fourth-order valence-electron chi connectivity index (χ4n) is 0.659. The van der Waals surface area contributed by atoms with Gasteiger partial charge in [0.1, 0.15) is 16.5 Å². The van der Waals surface area contributed by atoms with E-state index < -0.39 is 28.1 Å². The molecule has 0 spiro atoms. The second-order valence-corrected chi connectivity index (χ2v) is 2.35. The molecule has 0 aliphatic heterocycles. The third-order valence-corrected chi connectivity index (χ3v) is 1.52. The number of carbonyl (C=O) groups is 1. The van der Waals surface area contributed by atoms with Crippen molar-refractivity contribution in [1.29, 1.82) is 0 Å². The Bertz CT molecular complexity index is 387. The molecule has 0 unspecified atom stereocenters. The summed E-state index contributed by atoms with van der Waals surface area (Å²) in [6.07, 6.45) is 0. The lowest BCUT2D eigenvalue weighted by Gasteiger charge is -1.97. The van der Waals surface area contributed by atoms with Crippen molar-refractivity contribution in [2.45, 2.75) is 0 Å². The molecule has 2 N–H and O–H groups in total. The van der Waals surface area contributed by atoms with Gasteiger partial charge in [0.05, 0.1) is 0 Å². The van der Waals surface area contributed by atoms with Gasteiger partial charge in [-0.1, -0.05) is 11.6 Å². The molecule has 6 heteroatoms. The zero-order valence-corrected chi connectivity index (χ0v) is 6.35. The summed E-state index contributed by atoms with van der Waals surface area (Å²) in [6.45, 7) is 0. The van der Waals surface area contributed by atoms with E-state index in [1.807, 2.05) is 4.98 Å². The first-order valence-electron chi connectivity index (χ1n) is 2.84. The Hall–Kier alpha value is -1.36. The summed E-state index contributed by atoms with van der Waals surface area (Å²) in [6, 6.07) is 0.578. The molecule has 0 fully saturated rings. The Balaban J connectivity index is 3.48. The van der Waals surface area contributed by atoms with Crippen molar-refractivity contribution in [3.63, 3.8) is 0 Å². The van der Waals surface area contributed by atoms with Crippen LogP contribution in [0, 0.1) is 5.82 Å². The highest BCUT2D eigenvalue weighted by Crippen LogP contribution is 2.15. The number of rotatable bonds is 1. The molecule has 64 valence electrons. The number of carboxylic acids is 1. The van der Waals surface area contributed by atoms with Gasteiger partial charge in [0.15, 0.2) is 0 Å². The molecule has 1 heterocycles. The molecule has 0 aliphatic rings. The minimum Gasteiger partial charge on any atom is -0.477 e. The summed E-state index contributed by atoms with van der Waals surface area (Å²) < 4.78 is 12.6. The lowest BCUT2D eigenvalue weighted by Crippen LogP contribution is -2.13. The van der Waals surface area contributed by atoms with Gasteiger partial charge in [0.2, 0.25) is 0 Å². The van der Waals surface area contributed by atoms with Crippen molar-refractivity contribution < 1.29 is 14.3 Å². The third-order valence-electron chi connectivity index (χ3n) is 1.15. The number of hydrogen-bond acceptors (Lipinski definition) is 2. The summed E-state index contributed by atoms with van der Waals surface area (Å²) in [5.41, 5.74) is -1.48. The molecule has 4 nitrogen and oxygen atoms in total. The minimum atomic E-state index is -1.48. The van der Waals surface area contributed by atoms with E-state index in [1.54, 1.807) is 0 Å². The van der Waals surface area contributed by atoms with Crippen LogP contribution in [0.3, 0.4) is 0 Å². The molecule has 0 saturated carbocycles. The molecule has 0 amide bonds. The van der Waals surface area contributed by atoms with Gasteiger partial charge in [0, 0.05) is 6.07 Å². The highest BCUT2D eigenvalue weighted by Gasteiger charge is 2.13. The van der Waals surface area contributed by atoms with Crippen molar-refractivity contribution in [3.05, 3.63) is 33.0 Å². The van der Waals surface area contributed by atoms with E-state index in [0.29, 0.717) is 6.07 Å². The molecule has 1 rings (SSSR count). The van der Waals surface area contributed by atoms with E-state index in [2.05, 4.69) is 0 Å². The van der Waals surface area contributed by atoms with Gasteiger partial charge in [-0.15, -0.1) is 0 Å². The number of aromatic carboxylic acids is 1. The maximum absolute atomic E-state index is 12.6. The van der Waals surface area contributed by atoms with Crippen molar-refractivity contribution in [3.8, 4) is 0 Å². The van der Waals surface area contributed by atoms with Crippen molar-refractivity contribution in [2.75, 3.05) is 0 Å². The number of hydrogen-bond donors (Lipinski definition) is 2. The van der Waals surface area contributed by atoms with Crippen LogP contribution in [0.1, 0.15) is 10.5 Å². The van der Waals surface area contributed by atoms with Crippen LogP contribution in [0.4, 0.5) is 4.39 Å². The van der Waals surface area contributed by atoms with Crippen molar-refractivity contribution in [2.24, 2.45) is 0 Å². The quantitative estimate of drug-likeness (QED) is 0.692. The highest BCUT2D eigenvalue weighted by atomic mass is 35.5. The van der Waals surface area contributed by atoms with E-state index in [4.69, 9.17) is 16.7 Å². The summed E-state index contributed by atoms with van der Waals surface area (Å²) in [5, 5.41) is 7.80. The lowest BCUT2D eigenvalue weighted by atomic mass is 10.3. The molecule has 0 aromatic carbocycles. The molecule has 1 aromatic rings. The number of H-pyrrole nitrogens is 1. The number of aromatic nitrogens is 1. The molecule has 0 saturated heterocycles. The first-order chi connectivity index (χ1) is 5.52. The SMILES string of the molecule is O=C(O)c1[nH]c(=O)cc(F)c1Cl. The first kappa shape index (κ1) is 8.73. The van der Waals surface area contributed by atoms with E-state index in [0.717, 1.165) is 0 Å². The number of carboxylic acid groups (broad SMARTS) is 1. The van der Waals surface area contributed by atoms with Crippen LogP contribution in [0.15, 0.2) is 10.9 Å². The molecule has 12 heavy (non-hydrogen) atoms. The largest absolute Gasteiger partial charge is 0.477 e. The normalized spacial score (nSPS) is 9.83. The number of halogens is 2. The summed E-state index contributed by atoms with van der Waals surface area (Å²) in [4.78, 5) is 22.7. The zero-order chi connectivity index (χ0) is 9.30. The summed E-state index contributed by atoms with van der Waals surface area (Å²) in [7, 11) is 0. The fraction of sp³-hybridized carbons (Fsp3) is 0. The van der Waals surface area contributed by atoms with Gasteiger partial charge in [-0.2, -0.15) is 0 Å². The van der Waals surface area contributed by atoms with Gasteiger partial charge in [-0.25, -0.2) is 9.18 Å². The van der Waals surface area contributed by atoms with E-state index in [9.17, 15) is 14.0 Å². The maximum atomic E-state index is 12.6. The summed E-state index contributed by atoms with van der Waals surface area (Å²) >= 11 is 5.23. The highest BCUT2D eigenvalue weighted by molar-refractivity contribution is 6.33. The van der Waals surface area contributed by atoms with Gasteiger partial charge in [-0.05, 0) is 0 Å². The molecular formula is C6H3ClFNO3. The van der Waals surface area contributed by atoms with Crippen molar-refractivity contribution >= 4 is 17.6 Å². The number of aromatic amines is 1. The van der Waals surface area contributed by atoms with Crippen LogP contribution in [-0.4, -0.2) is 16.1 Å². The van der Waals surface area contributed by atoms with Crippen LogP contribution >= 0.6 is 11.6 Å². The van der Waals surface area contributed by atoms with Crippen LogP contribution in [-0.2, 0) is 0 Å². The molecule has 0 atom stereocenters. The smallest absolute Gasteiger partial charge is 0.354 e. The first-order valence-corrected chi connectivity index (χ1v) is 3.22. The van der Waals surface area contributed by atoms with Gasteiger partial charge in [0.25, 0.3) is 5.56 Å². The van der Waals surface area contributed by atoms with Gasteiger partial charge < -0.3 is 10.1 Å². The second kappa shape index (κ2) is 2.94. The number of pyridine rings is 1. The lowest BCUT2D eigenvalue weighted by molar-refractivity contribution is 0.0689. The Morgan fingerprint density at radius 2 is 2.25 bits per heavy atom. The predicted molar refractivity (Wildman–Crippen MR) is 39.0 cm³/mol. The molecular weight excluding hydrogens is 189 g/mol. The predicted octanol–water partition coefficient (Wildman–Crippen LogP) is 0.866. The maximum Gasteiger partial charge on any atom is 0.354 e. The zero-order valence-electron chi connectivity index (χ0n) is 5.60. The Morgan fingerprint density at radius 1 is 1.67 bits per heavy atom. The average Bonchev–Trinajstić information content (AvgIpc) is 1.96. The van der Waals surface area contributed by atoms with Gasteiger partial charge >= 0.3 is 5.97 Å². The monoisotopic (exact) mass is 191 g/mol. The summed E-state index contributed by atoms with van der Waals surface area (Å²) in [5.74, 6) is -2.52. The van der Waals surface area contributed by atoms with E-state index >= 15 is 0 Å². The Morgan fingerprint density at radius 3 is 2.75 bits per heavy atom. The molecule has 0 aliphatic carbocycles. The Labute approximate surface area is 70.6 Å². The van der Waals surface area contributed by atoms with E-state index in [1.165, 1.54) is 0 Å². The molecule has 0 bridgehead atoms. The molecule has 0 radical (unpaired) electrons. The standard InChI is InChI=1S/C6H3ClFNO3/c7-4-2(8)1-3(10)9-5(4)6(11)12/h1H,(H,9,10)(H,11,12). The molecule has 1 aromatic heterocycles. The van der Waals surface area contributed by atoms with Crippen molar-refractivity contribution in [1.82, 2.24) is 4.98 Å². The average molecular weight is 192 g/mol. The van der Waals surface area contributed by atoms with Crippen LogP contribution in [0.5, 0.6) is 0 Å². The number of nitrogens with one attached hydrogen (secondary N) is 1. The van der Waals surface area contributed by atoms with Crippen LogP contribution in [0.2, 0.25) is 5.02 Å². The fourth-order valence-corrected chi connectivity index (χ4v) is 0.842. The van der Waals surface area contributed by atoms with Crippen LogP contribution < -0.4 is 5.56 Å². The topological polar surface area (TPSA) is 70.2 Å². The van der Waals surface area contributed by atoms with Crippen LogP contribution in [0.25, 0.3) is 0 Å². The second-order valence-electron chi connectivity index (χ2n) is 1.98. The Kier molecular flexibility index (Phi) is 2.14. The minimum absolute atomic E-state index is 0.578. The third kappa shape index (κ3) is 1.45.